The van der Waals surface area contributed by atoms with E-state index in [2.05, 4.69) is 10.8 Å². The second kappa shape index (κ2) is 10.4. The number of carbonyl (C=O) groups is 1. The van der Waals surface area contributed by atoms with Crippen molar-refractivity contribution in [1.82, 2.24) is 9.62 Å². The van der Waals surface area contributed by atoms with Crippen molar-refractivity contribution < 1.29 is 17.9 Å². The van der Waals surface area contributed by atoms with Gasteiger partial charge in [0.25, 0.3) is 0 Å². The fourth-order valence-electron chi connectivity index (χ4n) is 3.52. The number of hydrogen-bond acceptors (Lipinski definition) is 6. The van der Waals surface area contributed by atoms with Crippen LogP contribution in [0.5, 0.6) is 0 Å². The maximum Gasteiger partial charge on any atom is 0.243 e. The Labute approximate surface area is 182 Å². The molecule has 1 unspecified atom stereocenters. The van der Waals surface area contributed by atoms with Crippen LogP contribution in [-0.2, 0) is 26.2 Å². The number of nitrogens with one attached hydrogen (secondary N) is 1. The lowest BCUT2D eigenvalue weighted by atomic mass is 9.99. The second-order valence-corrected chi connectivity index (χ2v) is 9.27. The summed E-state index contributed by atoms with van der Waals surface area (Å²) >= 11 is 0. The van der Waals surface area contributed by atoms with E-state index in [9.17, 15) is 13.2 Å². The Morgan fingerprint density at radius 2 is 1.97 bits per heavy atom. The fraction of sp³-hybridized carbons (Fsp3) is 0.364. The molecule has 3 rings (SSSR count). The maximum atomic E-state index is 12.6. The molecule has 1 saturated heterocycles. The van der Waals surface area contributed by atoms with Crippen LogP contribution in [0.3, 0.4) is 0 Å². The third-order valence-corrected chi connectivity index (χ3v) is 6.67. The van der Waals surface area contributed by atoms with E-state index in [1.165, 1.54) is 12.1 Å². The highest BCUT2D eigenvalue weighted by Gasteiger charge is 2.25. The van der Waals surface area contributed by atoms with Crippen molar-refractivity contribution in [3.8, 4) is 6.07 Å². The lowest BCUT2D eigenvalue weighted by Gasteiger charge is -2.32. The molecule has 2 aromatic carbocycles. The van der Waals surface area contributed by atoms with E-state index in [-0.39, 0.29) is 29.0 Å². The van der Waals surface area contributed by atoms with Gasteiger partial charge in [-0.2, -0.15) is 5.26 Å². The van der Waals surface area contributed by atoms with Crippen LogP contribution in [0.2, 0.25) is 0 Å². The first-order valence-electron chi connectivity index (χ1n) is 10.1. The number of amides is 1. The third kappa shape index (κ3) is 6.28. The molecule has 1 heterocycles. The van der Waals surface area contributed by atoms with Gasteiger partial charge in [0.1, 0.15) is 4.90 Å². The molecule has 8 nitrogen and oxygen atoms in total. The number of piperidine rings is 1. The van der Waals surface area contributed by atoms with E-state index in [1.807, 2.05) is 12.1 Å². The van der Waals surface area contributed by atoms with Crippen LogP contribution in [0.15, 0.2) is 53.4 Å². The van der Waals surface area contributed by atoms with Gasteiger partial charge in [0.05, 0.1) is 37.1 Å². The topological polar surface area (TPSA) is 126 Å². The van der Waals surface area contributed by atoms with Crippen molar-refractivity contribution in [2.75, 3.05) is 32.0 Å². The first-order chi connectivity index (χ1) is 14.9. The van der Waals surface area contributed by atoms with Gasteiger partial charge in [-0.25, -0.2) is 13.1 Å². The number of likely N-dealkylation sites (tertiary alicyclic amines) is 1. The van der Waals surface area contributed by atoms with Gasteiger partial charge in [-0.3, -0.25) is 4.79 Å². The van der Waals surface area contributed by atoms with Crippen molar-refractivity contribution in [2.45, 2.75) is 24.3 Å². The molecular weight excluding hydrogens is 416 g/mol. The molecule has 1 amide bonds. The minimum Gasteiger partial charge on any atom is -0.398 e. The molecule has 1 aliphatic rings. The quantitative estimate of drug-likeness (QED) is 0.601. The molecule has 0 aromatic heterocycles. The minimum atomic E-state index is -3.86. The SMILES string of the molecule is N#Cc1ccc(COCC2CCCN(C(=O)CNS(=O)(=O)c3ccccc3N)C2)cc1. The number of nitriles is 1. The van der Waals surface area contributed by atoms with Gasteiger partial charge in [0.15, 0.2) is 0 Å². The molecule has 3 N–H and O–H groups in total. The summed E-state index contributed by atoms with van der Waals surface area (Å²) in [6.07, 6.45) is 1.79. The molecule has 164 valence electrons. The summed E-state index contributed by atoms with van der Waals surface area (Å²) in [7, 11) is -3.86. The number of para-hydroxylation sites is 1. The van der Waals surface area contributed by atoms with E-state index in [1.54, 1.807) is 29.2 Å². The van der Waals surface area contributed by atoms with Gasteiger partial charge in [-0.05, 0) is 48.6 Å². The first-order valence-corrected chi connectivity index (χ1v) is 11.6. The average Bonchev–Trinajstić information content (AvgIpc) is 2.78. The van der Waals surface area contributed by atoms with Gasteiger partial charge in [-0.15, -0.1) is 0 Å². The zero-order valence-corrected chi connectivity index (χ0v) is 18.0. The highest BCUT2D eigenvalue weighted by molar-refractivity contribution is 7.89. The van der Waals surface area contributed by atoms with Gasteiger partial charge < -0.3 is 15.4 Å². The summed E-state index contributed by atoms with van der Waals surface area (Å²) in [4.78, 5) is 14.2. The average molecular weight is 443 g/mol. The predicted octanol–water partition coefficient (Wildman–Crippen LogP) is 1.87. The molecule has 0 spiro atoms. The Bertz CT molecular complexity index is 1050. The molecule has 9 heteroatoms. The van der Waals surface area contributed by atoms with Gasteiger partial charge in [0, 0.05) is 13.1 Å². The number of sulfonamides is 1. The lowest BCUT2D eigenvalue weighted by Crippen LogP contribution is -2.45. The zero-order valence-electron chi connectivity index (χ0n) is 17.2. The standard InChI is InChI=1S/C22H26N4O4S/c23-12-17-7-9-18(10-8-17)15-30-16-19-4-3-11-26(14-19)22(27)13-25-31(28,29)21-6-2-1-5-20(21)24/h1-2,5-10,19,25H,3-4,11,13-16,24H2. The molecule has 31 heavy (non-hydrogen) atoms. The van der Waals surface area contributed by atoms with Crippen LogP contribution in [0, 0.1) is 17.2 Å². The molecule has 0 bridgehead atoms. The third-order valence-electron chi connectivity index (χ3n) is 5.20. The number of rotatable bonds is 8. The Kier molecular flexibility index (Phi) is 7.63. The number of anilines is 1. The van der Waals surface area contributed by atoms with Crippen molar-refractivity contribution in [3.05, 3.63) is 59.7 Å². The van der Waals surface area contributed by atoms with Crippen LogP contribution in [-0.4, -0.2) is 45.5 Å². The van der Waals surface area contributed by atoms with E-state index in [0.29, 0.717) is 31.9 Å². The smallest absolute Gasteiger partial charge is 0.243 e. The van der Waals surface area contributed by atoms with Crippen LogP contribution < -0.4 is 10.5 Å². The molecule has 1 atom stereocenters. The van der Waals surface area contributed by atoms with E-state index in [4.69, 9.17) is 15.7 Å². The van der Waals surface area contributed by atoms with Crippen molar-refractivity contribution in [1.29, 1.82) is 5.26 Å². The summed E-state index contributed by atoms with van der Waals surface area (Å²) in [5.41, 5.74) is 7.46. The Morgan fingerprint density at radius 1 is 1.23 bits per heavy atom. The first kappa shape index (κ1) is 22.7. The molecule has 0 saturated carbocycles. The number of carbonyl (C=O) groups excluding carboxylic acids is 1. The van der Waals surface area contributed by atoms with E-state index >= 15 is 0 Å². The van der Waals surface area contributed by atoms with Gasteiger partial charge in [0.2, 0.25) is 15.9 Å². The van der Waals surface area contributed by atoms with Crippen LogP contribution in [0.4, 0.5) is 5.69 Å². The molecular formula is C22H26N4O4S. The Hall–Kier alpha value is -2.93. The highest BCUT2D eigenvalue weighted by Crippen LogP contribution is 2.19. The van der Waals surface area contributed by atoms with E-state index in [0.717, 1.165) is 18.4 Å². The largest absolute Gasteiger partial charge is 0.398 e. The lowest BCUT2D eigenvalue weighted by molar-refractivity contribution is -0.132. The van der Waals surface area contributed by atoms with E-state index < -0.39 is 10.0 Å². The molecule has 0 radical (unpaired) electrons. The Balaban J connectivity index is 1.46. The molecule has 0 aliphatic carbocycles. The predicted molar refractivity (Wildman–Crippen MR) is 116 cm³/mol. The van der Waals surface area contributed by atoms with Crippen molar-refractivity contribution in [2.24, 2.45) is 5.92 Å². The number of nitrogens with zero attached hydrogens (tertiary/aromatic N) is 2. The minimum absolute atomic E-state index is 0.0319. The van der Waals surface area contributed by atoms with Gasteiger partial charge >= 0.3 is 0 Å². The second-order valence-electron chi connectivity index (χ2n) is 7.53. The number of nitrogen functional groups attached to an aromatic ring is 1. The Morgan fingerprint density at radius 3 is 2.68 bits per heavy atom. The van der Waals surface area contributed by atoms with Crippen molar-refractivity contribution in [3.63, 3.8) is 0 Å². The summed E-state index contributed by atoms with van der Waals surface area (Å²) in [6.45, 7) is 1.77. The van der Waals surface area contributed by atoms with Gasteiger partial charge in [-0.1, -0.05) is 24.3 Å². The summed E-state index contributed by atoms with van der Waals surface area (Å²) in [5, 5.41) is 8.84. The molecule has 1 fully saturated rings. The number of hydrogen-bond donors (Lipinski definition) is 2. The molecule has 2 aromatic rings. The number of nitrogens with two attached hydrogens (primary N) is 1. The molecule has 1 aliphatic heterocycles. The number of ether oxygens (including phenoxy) is 1. The monoisotopic (exact) mass is 442 g/mol. The summed E-state index contributed by atoms with van der Waals surface area (Å²) < 4.78 is 33.0. The fourth-order valence-corrected chi connectivity index (χ4v) is 4.62. The number of benzene rings is 2. The van der Waals surface area contributed by atoms with Crippen LogP contribution in [0.1, 0.15) is 24.0 Å². The van der Waals surface area contributed by atoms with Crippen molar-refractivity contribution >= 4 is 21.6 Å². The summed E-state index contributed by atoms with van der Waals surface area (Å²) in [6, 6.07) is 15.5. The maximum absolute atomic E-state index is 12.6. The van der Waals surface area contributed by atoms with Crippen LogP contribution in [0.25, 0.3) is 0 Å². The highest BCUT2D eigenvalue weighted by atomic mass is 32.2. The summed E-state index contributed by atoms with van der Waals surface area (Å²) in [5.74, 6) is -0.0765. The van der Waals surface area contributed by atoms with Crippen LogP contribution >= 0.6 is 0 Å². The normalized spacial score (nSPS) is 16.6. The zero-order chi connectivity index (χ0) is 22.3.